The van der Waals surface area contributed by atoms with Crippen molar-refractivity contribution in [3.8, 4) is 0 Å². The number of hydrogen-bond acceptors (Lipinski definition) is 7. The van der Waals surface area contributed by atoms with Gasteiger partial charge in [0.25, 0.3) is 0 Å². The van der Waals surface area contributed by atoms with E-state index in [0.717, 1.165) is 0 Å². The van der Waals surface area contributed by atoms with Crippen molar-refractivity contribution in [2.45, 2.75) is 31.3 Å². The van der Waals surface area contributed by atoms with E-state index in [9.17, 15) is 9.90 Å². The molecule has 7 nitrogen and oxygen atoms in total. The van der Waals surface area contributed by atoms with Crippen LogP contribution >= 0.6 is 0 Å². The predicted molar refractivity (Wildman–Crippen MR) is 62.1 cm³/mol. The number of methoxy groups -OCH3 is 3. The summed E-state index contributed by atoms with van der Waals surface area (Å²) >= 11 is 0. The summed E-state index contributed by atoms with van der Waals surface area (Å²) in [5.41, 5.74) is 0. The summed E-state index contributed by atoms with van der Waals surface area (Å²) in [6.07, 6.45) is -3.19. The molecular weight excluding hydrogens is 244 g/mol. The lowest BCUT2D eigenvalue weighted by molar-refractivity contribution is -0.168. The molecule has 2 N–H and O–H groups in total. The highest BCUT2D eigenvalue weighted by Gasteiger charge is 2.35. The summed E-state index contributed by atoms with van der Waals surface area (Å²) in [5, 5.41) is 18.6. The molecule has 0 radical (unpaired) electrons. The fourth-order valence-corrected chi connectivity index (χ4v) is 1.61. The summed E-state index contributed by atoms with van der Waals surface area (Å²) in [7, 11) is 4.23. The fourth-order valence-electron chi connectivity index (χ4n) is 1.61. The third kappa shape index (κ3) is 5.28. The van der Waals surface area contributed by atoms with Gasteiger partial charge in [0.1, 0.15) is 31.0 Å². The minimum absolute atomic E-state index is 0.0254. The number of esters is 1. The van der Waals surface area contributed by atoms with E-state index in [1.54, 1.807) is 0 Å². The first-order valence-electron chi connectivity index (χ1n) is 5.52. The third-order valence-electron chi connectivity index (χ3n) is 2.55. The maximum atomic E-state index is 10.8. The van der Waals surface area contributed by atoms with Crippen molar-refractivity contribution < 1.29 is 34.0 Å². The zero-order valence-corrected chi connectivity index (χ0v) is 11.2. The van der Waals surface area contributed by atoms with Gasteiger partial charge >= 0.3 is 5.97 Å². The van der Waals surface area contributed by atoms with E-state index >= 15 is 0 Å². The van der Waals surface area contributed by atoms with Crippen LogP contribution in [0.5, 0.6) is 0 Å². The lowest BCUT2D eigenvalue weighted by Crippen LogP contribution is -2.50. The molecule has 0 rings (SSSR count). The van der Waals surface area contributed by atoms with Crippen LogP contribution in [0.3, 0.4) is 0 Å². The van der Waals surface area contributed by atoms with Crippen molar-refractivity contribution in [2.24, 2.45) is 0 Å². The van der Waals surface area contributed by atoms with Gasteiger partial charge in [-0.05, 0) is 0 Å². The summed E-state index contributed by atoms with van der Waals surface area (Å²) in [6, 6.07) is 0. The first-order chi connectivity index (χ1) is 8.51. The zero-order chi connectivity index (χ0) is 14.1. The van der Waals surface area contributed by atoms with Gasteiger partial charge in [-0.25, -0.2) is 0 Å². The SMILES string of the molecule is CO[C@@H]([C@H](OC)[C@@H](COC(C)=O)OC)[C@H](O)CO. The Kier molecular flexibility index (Phi) is 8.86. The second kappa shape index (κ2) is 9.23. The molecule has 0 aromatic heterocycles. The third-order valence-corrected chi connectivity index (χ3v) is 2.55. The van der Waals surface area contributed by atoms with Crippen molar-refractivity contribution in [3.05, 3.63) is 0 Å². The lowest BCUT2D eigenvalue weighted by Gasteiger charge is -2.32. The number of ether oxygens (including phenoxy) is 4. The Labute approximate surface area is 107 Å². The molecule has 0 bridgehead atoms. The molecule has 0 aromatic rings. The molecule has 0 aliphatic rings. The van der Waals surface area contributed by atoms with Crippen LogP contribution in [-0.2, 0) is 23.7 Å². The van der Waals surface area contributed by atoms with Gasteiger partial charge in [-0.1, -0.05) is 0 Å². The van der Waals surface area contributed by atoms with Crippen molar-refractivity contribution in [1.82, 2.24) is 0 Å². The Bertz CT molecular complexity index is 233. The Morgan fingerprint density at radius 3 is 2.00 bits per heavy atom. The largest absolute Gasteiger partial charge is 0.463 e. The molecular formula is C11H22O7. The van der Waals surface area contributed by atoms with Gasteiger partial charge in [-0.3, -0.25) is 4.79 Å². The monoisotopic (exact) mass is 266 g/mol. The van der Waals surface area contributed by atoms with E-state index in [1.165, 1.54) is 28.3 Å². The molecule has 18 heavy (non-hydrogen) atoms. The van der Waals surface area contributed by atoms with E-state index in [2.05, 4.69) is 0 Å². The minimum atomic E-state index is -1.12. The normalized spacial score (nSPS) is 17.9. The van der Waals surface area contributed by atoms with Gasteiger partial charge in [0, 0.05) is 28.3 Å². The quantitative estimate of drug-likeness (QED) is 0.514. The van der Waals surface area contributed by atoms with Crippen molar-refractivity contribution >= 4 is 5.97 Å². The second-order valence-corrected chi connectivity index (χ2v) is 3.73. The Balaban J connectivity index is 4.70. The molecule has 0 fully saturated rings. The van der Waals surface area contributed by atoms with E-state index in [0.29, 0.717) is 0 Å². The molecule has 0 aliphatic heterocycles. The maximum Gasteiger partial charge on any atom is 0.302 e. The molecule has 0 spiro atoms. The Morgan fingerprint density at radius 2 is 1.67 bits per heavy atom. The first-order valence-corrected chi connectivity index (χ1v) is 5.52. The Hall–Kier alpha value is -0.730. The van der Waals surface area contributed by atoms with Crippen molar-refractivity contribution in [2.75, 3.05) is 34.5 Å². The highest BCUT2D eigenvalue weighted by molar-refractivity contribution is 5.65. The lowest BCUT2D eigenvalue weighted by atomic mass is 10.0. The van der Waals surface area contributed by atoms with Crippen LogP contribution in [0.25, 0.3) is 0 Å². The van der Waals surface area contributed by atoms with Gasteiger partial charge < -0.3 is 29.2 Å². The van der Waals surface area contributed by atoms with Gasteiger partial charge in [-0.2, -0.15) is 0 Å². The second-order valence-electron chi connectivity index (χ2n) is 3.73. The number of carbonyl (C=O) groups is 1. The number of aliphatic hydroxyl groups is 2. The molecule has 0 saturated heterocycles. The minimum Gasteiger partial charge on any atom is -0.463 e. The number of rotatable bonds is 9. The van der Waals surface area contributed by atoms with Crippen LogP contribution in [0, 0.1) is 0 Å². The molecule has 0 unspecified atom stereocenters. The molecule has 0 saturated carbocycles. The van der Waals surface area contributed by atoms with Crippen LogP contribution in [0.1, 0.15) is 6.92 Å². The summed E-state index contributed by atoms with van der Waals surface area (Å²) < 4.78 is 20.3. The molecule has 7 heteroatoms. The molecule has 4 atom stereocenters. The van der Waals surface area contributed by atoms with Crippen LogP contribution in [0.2, 0.25) is 0 Å². The average molecular weight is 266 g/mol. The van der Waals surface area contributed by atoms with Crippen molar-refractivity contribution in [3.63, 3.8) is 0 Å². The molecule has 0 aliphatic carbocycles. The highest BCUT2D eigenvalue weighted by Crippen LogP contribution is 2.14. The molecule has 0 heterocycles. The van der Waals surface area contributed by atoms with Gasteiger partial charge in [0.05, 0.1) is 6.61 Å². The summed E-state index contributed by atoms with van der Waals surface area (Å²) in [6.45, 7) is 0.787. The first kappa shape index (κ1) is 17.3. The van der Waals surface area contributed by atoms with Gasteiger partial charge in [-0.15, -0.1) is 0 Å². The van der Waals surface area contributed by atoms with Crippen LogP contribution in [0.4, 0.5) is 0 Å². The number of aliphatic hydroxyl groups excluding tert-OH is 2. The Morgan fingerprint density at radius 1 is 1.11 bits per heavy atom. The topological polar surface area (TPSA) is 94.5 Å². The molecule has 0 aromatic carbocycles. The summed E-state index contributed by atoms with van der Waals surface area (Å²) in [5.74, 6) is -0.441. The molecule has 0 amide bonds. The maximum absolute atomic E-state index is 10.8. The standard InChI is InChI=1S/C11H22O7/c1-7(13)18-6-9(15-2)11(17-4)10(16-3)8(14)5-12/h8-12,14H,5-6H2,1-4H3/t8-,9-,10-,11-/m1/s1. The van der Waals surface area contributed by atoms with Crippen LogP contribution in [0.15, 0.2) is 0 Å². The van der Waals surface area contributed by atoms with E-state index in [-0.39, 0.29) is 6.61 Å². The highest BCUT2D eigenvalue weighted by atomic mass is 16.6. The summed E-state index contributed by atoms with van der Waals surface area (Å²) in [4.78, 5) is 10.8. The predicted octanol–water partition coefficient (Wildman–Crippen LogP) is -1.05. The van der Waals surface area contributed by atoms with Crippen LogP contribution in [-0.4, -0.2) is 75.1 Å². The number of hydrogen-bond donors (Lipinski definition) is 2. The molecule has 108 valence electrons. The smallest absolute Gasteiger partial charge is 0.302 e. The van der Waals surface area contributed by atoms with Gasteiger partial charge in [0.15, 0.2) is 0 Å². The van der Waals surface area contributed by atoms with Crippen molar-refractivity contribution in [1.29, 1.82) is 0 Å². The zero-order valence-electron chi connectivity index (χ0n) is 11.2. The van der Waals surface area contributed by atoms with Gasteiger partial charge in [0.2, 0.25) is 0 Å². The van der Waals surface area contributed by atoms with E-state index in [4.69, 9.17) is 24.1 Å². The van der Waals surface area contributed by atoms with E-state index in [1.807, 2.05) is 0 Å². The fraction of sp³-hybridized carbons (Fsp3) is 0.909. The number of carbonyl (C=O) groups excluding carboxylic acids is 1. The average Bonchev–Trinajstić information content (AvgIpc) is 2.36. The van der Waals surface area contributed by atoms with Crippen LogP contribution < -0.4 is 0 Å². The van der Waals surface area contributed by atoms with E-state index < -0.39 is 37.0 Å².